The zero-order chi connectivity index (χ0) is 14.2. The monoisotopic (exact) mass is 270 g/mol. The minimum atomic E-state index is -0.275. The number of amides is 2. The molecule has 1 N–H and O–H groups in total. The van der Waals surface area contributed by atoms with E-state index in [-0.39, 0.29) is 12.5 Å². The number of pyridine rings is 1. The summed E-state index contributed by atoms with van der Waals surface area (Å²) in [7, 11) is 0. The van der Waals surface area contributed by atoms with Crippen molar-refractivity contribution in [3.8, 4) is 6.07 Å². The molecule has 0 unspecified atom stereocenters. The molecule has 0 spiro atoms. The maximum absolute atomic E-state index is 12.2. The predicted molar refractivity (Wildman–Crippen MR) is 72.6 cm³/mol. The normalized spacial score (nSPS) is 9.75. The third kappa shape index (κ3) is 3.85. The van der Waals surface area contributed by atoms with Crippen LogP contribution in [0.15, 0.2) is 47.3 Å². The van der Waals surface area contributed by atoms with Crippen LogP contribution < -0.4 is 5.32 Å². The van der Waals surface area contributed by atoms with Crippen LogP contribution in [0.1, 0.15) is 12.2 Å². The zero-order valence-corrected chi connectivity index (χ0v) is 10.8. The molecule has 0 aliphatic carbocycles. The fourth-order valence-corrected chi connectivity index (χ4v) is 1.67. The minimum Gasteiger partial charge on any atom is -0.467 e. The van der Waals surface area contributed by atoms with E-state index in [0.29, 0.717) is 24.5 Å². The highest BCUT2D eigenvalue weighted by Crippen LogP contribution is 2.10. The molecule has 0 aliphatic heterocycles. The summed E-state index contributed by atoms with van der Waals surface area (Å²) >= 11 is 0. The van der Waals surface area contributed by atoms with Crippen molar-refractivity contribution in [2.45, 2.75) is 13.0 Å². The molecule has 2 aromatic rings. The average molecular weight is 270 g/mol. The van der Waals surface area contributed by atoms with Gasteiger partial charge < -0.3 is 14.6 Å². The van der Waals surface area contributed by atoms with Gasteiger partial charge in [0.2, 0.25) is 0 Å². The van der Waals surface area contributed by atoms with Crippen LogP contribution in [0.3, 0.4) is 0 Å². The molecular formula is C14H14N4O2. The Labute approximate surface area is 116 Å². The van der Waals surface area contributed by atoms with E-state index in [1.165, 1.54) is 4.90 Å². The minimum absolute atomic E-state index is 0.268. The summed E-state index contributed by atoms with van der Waals surface area (Å²) in [6, 6.07) is 8.72. The van der Waals surface area contributed by atoms with Crippen LogP contribution in [0.2, 0.25) is 0 Å². The molecule has 0 radical (unpaired) electrons. The Morgan fingerprint density at radius 3 is 2.85 bits per heavy atom. The summed E-state index contributed by atoms with van der Waals surface area (Å²) < 4.78 is 5.23. The van der Waals surface area contributed by atoms with Crippen LogP contribution in [0.4, 0.5) is 10.5 Å². The molecule has 2 amide bonds. The van der Waals surface area contributed by atoms with Gasteiger partial charge in [-0.05, 0) is 24.3 Å². The summed E-state index contributed by atoms with van der Waals surface area (Å²) in [5, 5.41) is 11.4. The van der Waals surface area contributed by atoms with Gasteiger partial charge in [0.1, 0.15) is 5.76 Å². The van der Waals surface area contributed by atoms with Crippen molar-refractivity contribution in [1.82, 2.24) is 9.88 Å². The average Bonchev–Trinajstić information content (AvgIpc) is 2.97. The van der Waals surface area contributed by atoms with Crippen molar-refractivity contribution in [2.24, 2.45) is 0 Å². The topological polar surface area (TPSA) is 82.2 Å². The lowest BCUT2D eigenvalue weighted by molar-refractivity contribution is 0.205. The van der Waals surface area contributed by atoms with Gasteiger partial charge >= 0.3 is 6.03 Å². The van der Waals surface area contributed by atoms with Crippen molar-refractivity contribution in [1.29, 1.82) is 5.26 Å². The Morgan fingerprint density at radius 2 is 2.20 bits per heavy atom. The van der Waals surface area contributed by atoms with Crippen LogP contribution in [0, 0.1) is 11.3 Å². The van der Waals surface area contributed by atoms with E-state index in [2.05, 4.69) is 10.3 Å². The lowest BCUT2D eigenvalue weighted by atomic mass is 10.3. The van der Waals surface area contributed by atoms with Crippen molar-refractivity contribution >= 4 is 11.7 Å². The number of rotatable bonds is 5. The van der Waals surface area contributed by atoms with Gasteiger partial charge in [0.15, 0.2) is 0 Å². The lowest BCUT2D eigenvalue weighted by Gasteiger charge is -2.20. The van der Waals surface area contributed by atoms with Crippen molar-refractivity contribution < 1.29 is 9.21 Å². The van der Waals surface area contributed by atoms with Crippen LogP contribution >= 0.6 is 0 Å². The fraction of sp³-hybridized carbons (Fsp3) is 0.214. The molecule has 6 nitrogen and oxygen atoms in total. The molecule has 0 saturated carbocycles. The van der Waals surface area contributed by atoms with Crippen LogP contribution in [-0.2, 0) is 6.54 Å². The largest absolute Gasteiger partial charge is 0.467 e. The highest BCUT2D eigenvalue weighted by Gasteiger charge is 2.15. The van der Waals surface area contributed by atoms with Gasteiger partial charge in [0.05, 0.1) is 25.3 Å². The maximum atomic E-state index is 12.2. The van der Waals surface area contributed by atoms with Gasteiger partial charge in [-0.3, -0.25) is 4.98 Å². The maximum Gasteiger partial charge on any atom is 0.322 e. The fourth-order valence-electron chi connectivity index (χ4n) is 1.67. The number of aromatic nitrogens is 1. The quantitative estimate of drug-likeness (QED) is 0.905. The molecule has 2 rings (SSSR count). The number of nitriles is 1. The number of urea groups is 1. The molecule has 2 aromatic heterocycles. The Kier molecular flexibility index (Phi) is 4.73. The zero-order valence-electron chi connectivity index (χ0n) is 10.8. The highest BCUT2D eigenvalue weighted by molar-refractivity contribution is 5.89. The Bertz CT molecular complexity index is 575. The number of nitrogens with zero attached hydrogens (tertiary/aromatic N) is 3. The summed E-state index contributed by atoms with van der Waals surface area (Å²) in [6.07, 6.45) is 5.02. The number of anilines is 1. The van der Waals surface area contributed by atoms with E-state index in [1.807, 2.05) is 6.07 Å². The van der Waals surface area contributed by atoms with Gasteiger partial charge in [0.25, 0.3) is 0 Å². The van der Waals surface area contributed by atoms with Crippen molar-refractivity contribution in [2.75, 3.05) is 11.9 Å². The van der Waals surface area contributed by atoms with E-state index < -0.39 is 0 Å². The molecule has 0 aromatic carbocycles. The molecule has 2 heterocycles. The third-order valence-electron chi connectivity index (χ3n) is 2.64. The highest BCUT2D eigenvalue weighted by atomic mass is 16.3. The first-order valence-electron chi connectivity index (χ1n) is 6.15. The van der Waals surface area contributed by atoms with E-state index in [4.69, 9.17) is 9.68 Å². The second-order valence-electron chi connectivity index (χ2n) is 4.08. The molecule has 0 saturated heterocycles. The first-order valence-corrected chi connectivity index (χ1v) is 6.15. The van der Waals surface area contributed by atoms with E-state index in [9.17, 15) is 4.79 Å². The smallest absolute Gasteiger partial charge is 0.322 e. The van der Waals surface area contributed by atoms with Gasteiger partial charge in [-0.1, -0.05) is 0 Å². The van der Waals surface area contributed by atoms with Crippen LogP contribution in [-0.4, -0.2) is 22.5 Å². The number of furan rings is 1. The van der Waals surface area contributed by atoms with Crippen molar-refractivity contribution in [3.05, 3.63) is 48.7 Å². The molecule has 0 bridgehead atoms. The number of hydrogen-bond acceptors (Lipinski definition) is 4. The summed E-state index contributed by atoms with van der Waals surface area (Å²) in [6.45, 7) is 0.666. The molecule has 20 heavy (non-hydrogen) atoms. The summed E-state index contributed by atoms with van der Waals surface area (Å²) in [5.41, 5.74) is 0.659. The summed E-state index contributed by atoms with van der Waals surface area (Å²) in [5.74, 6) is 0.674. The Balaban J connectivity index is 2.02. The molecular weight excluding hydrogens is 256 g/mol. The molecule has 0 fully saturated rings. The summed E-state index contributed by atoms with van der Waals surface area (Å²) in [4.78, 5) is 17.6. The Hall–Kier alpha value is -2.81. The van der Waals surface area contributed by atoms with Gasteiger partial charge in [-0.15, -0.1) is 0 Å². The Morgan fingerprint density at radius 1 is 1.40 bits per heavy atom. The number of hydrogen-bond donors (Lipinski definition) is 1. The standard InChI is InChI=1S/C14H14N4O2/c15-6-2-9-18(11-13-3-1-10-20-13)14(19)17-12-4-7-16-8-5-12/h1,3-5,7-8,10H,2,9,11H2,(H,16,17,19). The predicted octanol–water partition coefficient (Wildman–Crippen LogP) is 2.62. The van der Waals surface area contributed by atoms with Crippen molar-refractivity contribution in [3.63, 3.8) is 0 Å². The number of carbonyl (C=O) groups excluding carboxylic acids is 1. The second-order valence-corrected chi connectivity index (χ2v) is 4.08. The lowest BCUT2D eigenvalue weighted by Crippen LogP contribution is -2.35. The van der Waals surface area contributed by atoms with E-state index in [0.717, 1.165) is 0 Å². The van der Waals surface area contributed by atoms with Gasteiger partial charge in [-0.25, -0.2) is 4.79 Å². The second kappa shape index (κ2) is 6.95. The third-order valence-corrected chi connectivity index (χ3v) is 2.64. The van der Waals surface area contributed by atoms with Crippen LogP contribution in [0.25, 0.3) is 0 Å². The molecule has 0 aliphatic rings. The number of nitrogens with one attached hydrogen (secondary N) is 1. The molecule has 102 valence electrons. The SMILES string of the molecule is N#CCCN(Cc1ccco1)C(=O)Nc1ccncc1. The van der Waals surface area contributed by atoms with Gasteiger partial charge in [-0.2, -0.15) is 5.26 Å². The van der Waals surface area contributed by atoms with E-state index in [1.54, 1.807) is 42.9 Å². The number of carbonyl (C=O) groups is 1. The van der Waals surface area contributed by atoms with E-state index >= 15 is 0 Å². The molecule has 6 heteroatoms. The molecule has 0 atom stereocenters. The first kappa shape index (κ1) is 13.6. The van der Waals surface area contributed by atoms with Crippen LogP contribution in [0.5, 0.6) is 0 Å². The van der Waals surface area contributed by atoms with Gasteiger partial charge in [0, 0.05) is 24.6 Å². The first-order chi connectivity index (χ1) is 9.79.